The average Bonchev–Trinajstić information content (AvgIpc) is 3.29. The van der Waals surface area contributed by atoms with Crippen molar-refractivity contribution in [3.05, 3.63) is 82.5 Å². The number of fused-ring (bicyclic) bond motifs is 3. The van der Waals surface area contributed by atoms with Crippen LogP contribution in [-0.4, -0.2) is 21.9 Å². The molecule has 1 saturated heterocycles. The molecule has 0 spiro atoms. The number of hydrogen-bond donors (Lipinski definition) is 0. The summed E-state index contributed by atoms with van der Waals surface area (Å²) >= 11 is -0.691. The van der Waals surface area contributed by atoms with Crippen molar-refractivity contribution in [1.82, 2.24) is 4.90 Å². The van der Waals surface area contributed by atoms with Crippen LogP contribution in [0.1, 0.15) is 41.5 Å². The fourth-order valence-corrected chi connectivity index (χ4v) is 9.01. The minimum absolute atomic E-state index is 0. The zero-order chi connectivity index (χ0) is 23.7. The van der Waals surface area contributed by atoms with E-state index in [0.29, 0.717) is 3.94 Å². The summed E-state index contributed by atoms with van der Waals surface area (Å²) in [5.41, 5.74) is 4.35. The van der Waals surface area contributed by atoms with Crippen LogP contribution in [0, 0.1) is 32.4 Å². The van der Waals surface area contributed by atoms with Gasteiger partial charge in [-0.1, -0.05) is 55.1 Å². The number of thiophene rings is 1. The van der Waals surface area contributed by atoms with Gasteiger partial charge in [-0.2, -0.15) is 0 Å². The molecule has 0 atom stereocenters. The second-order valence-corrected chi connectivity index (χ2v) is 15.0. The van der Waals surface area contributed by atoms with E-state index in [9.17, 15) is 8.78 Å². The fourth-order valence-electron chi connectivity index (χ4n) is 4.53. The second-order valence-electron chi connectivity index (χ2n) is 8.43. The molecule has 0 saturated carbocycles. The first-order valence-corrected chi connectivity index (χ1v) is 17.0. The normalized spacial score (nSPS) is 14.0. The first-order valence-electron chi connectivity index (χ1n) is 11.1. The third-order valence-electron chi connectivity index (χ3n) is 6.49. The second kappa shape index (κ2) is 11.8. The van der Waals surface area contributed by atoms with Crippen molar-refractivity contribution >= 4 is 54.1 Å². The molecule has 0 bridgehead atoms. The van der Waals surface area contributed by atoms with Crippen LogP contribution in [0.15, 0.2) is 42.5 Å². The first-order chi connectivity index (χ1) is 15.8. The summed E-state index contributed by atoms with van der Waals surface area (Å²) in [6.07, 6.45) is 3.17. The molecule has 0 unspecified atom stereocenters. The quantitative estimate of drug-likeness (QED) is 0.179. The van der Waals surface area contributed by atoms with Crippen LogP contribution in [0.4, 0.5) is 8.78 Å². The number of likely N-dealkylation sites (tertiary alicyclic amines) is 1. The Bertz CT molecular complexity index is 1320. The van der Waals surface area contributed by atoms with E-state index in [0.717, 1.165) is 32.4 Å². The molecule has 34 heavy (non-hydrogen) atoms. The van der Waals surface area contributed by atoms with Gasteiger partial charge in [0, 0.05) is 0 Å². The number of rotatable bonds is 2. The Kier molecular flexibility index (Phi) is 9.55. The Morgan fingerprint density at radius 2 is 1.59 bits per heavy atom. The molecule has 0 aliphatic carbocycles. The van der Waals surface area contributed by atoms with E-state index >= 15 is 0 Å². The minimum Gasteiger partial charge on any atom is -0.693 e. The molecule has 1 fully saturated rings. The number of benzene rings is 2. The molecular weight excluding hydrogens is 529 g/mol. The van der Waals surface area contributed by atoms with Gasteiger partial charge in [0.15, 0.2) is 0 Å². The standard InChI is InChI=1S/C14H13S.C12H13F2N.2ClH.H2N.Ti/c1-8-9(2)13-11-6-4-5-7-12(11)15-14(13)10(8)3;13-11-5-4-6-12(14)10(11)9-15-7-2-1-3-8-15;;;;/h4-7H,1-3H3;4-6H,1-3,7-8H2;2*1H;1H2;/q-1;;;;-1;+2/p-2. The topological polar surface area (TPSA) is 36.7 Å². The van der Waals surface area contributed by atoms with Crippen molar-refractivity contribution in [3.63, 3.8) is 0 Å². The molecule has 0 amide bonds. The number of aryl methyl sites for hydroxylation is 2. The number of nitrogens with two attached hydrogens (primary N) is 1. The van der Waals surface area contributed by atoms with Crippen molar-refractivity contribution in [3.8, 4) is 0 Å². The molecule has 1 aromatic heterocycles. The Labute approximate surface area is 217 Å². The molecule has 2 N–H and O–H groups in total. The van der Waals surface area contributed by atoms with Gasteiger partial charge < -0.3 is 6.15 Å². The van der Waals surface area contributed by atoms with Gasteiger partial charge in [0.25, 0.3) is 0 Å². The van der Waals surface area contributed by atoms with Gasteiger partial charge >= 0.3 is 119 Å². The molecule has 1 aliphatic heterocycles. The summed E-state index contributed by atoms with van der Waals surface area (Å²) in [6.45, 7) is 8.26. The van der Waals surface area contributed by atoms with E-state index in [1.54, 1.807) is 0 Å². The van der Waals surface area contributed by atoms with Crippen molar-refractivity contribution in [2.75, 3.05) is 13.1 Å². The van der Waals surface area contributed by atoms with Crippen LogP contribution in [-0.2, 0) is 15.3 Å². The largest absolute Gasteiger partial charge is 0.693 e. The molecule has 182 valence electrons. The number of hydrogen-bond acceptors (Lipinski definition) is 2. The van der Waals surface area contributed by atoms with Gasteiger partial charge in [0.1, 0.15) is 0 Å². The molecule has 2 heterocycles. The van der Waals surface area contributed by atoms with Crippen LogP contribution >= 0.6 is 29.9 Å². The van der Waals surface area contributed by atoms with Gasteiger partial charge in [-0.3, -0.25) is 0 Å². The van der Waals surface area contributed by atoms with Crippen LogP contribution in [0.3, 0.4) is 0 Å². The predicted octanol–water partition coefficient (Wildman–Crippen LogP) is 9.27. The minimum atomic E-state index is -2.61. The van der Waals surface area contributed by atoms with E-state index in [-0.39, 0.29) is 11.7 Å². The maximum atomic E-state index is 13.8. The zero-order valence-electron chi connectivity index (χ0n) is 19.5. The summed E-state index contributed by atoms with van der Waals surface area (Å²) in [7, 11) is 12.2. The van der Waals surface area contributed by atoms with E-state index < -0.39 is 26.9 Å². The van der Waals surface area contributed by atoms with Gasteiger partial charge in [-0.05, 0) is 4.70 Å². The molecule has 1 aliphatic rings. The maximum absolute atomic E-state index is 13.8. The third-order valence-corrected chi connectivity index (χ3v) is 10.7. The first kappa shape index (κ1) is 27.5. The Morgan fingerprint density at radius 3 is 2.21 bits per heavy atom. The Morgan fingerprint density at radius 1 is 0.971 bits per heavy atom. The van der Waals surface area contributed by atoms with E-state index in [2.05, 4.69) is 45.0 Å². The summed E-state index contributed by atoms with van der Waals surface area (Å²) in [6, 6.07) is 12.5. The van der Waals surface area contributed by atoms with E-state index in [1.165, 1.54) is 55.1 Å². The molecule has 4 aromatic rings. The SMILES string of the molecule is Cc1c(C)[c-](C)c2c1sc1ccccc12.Fc1cccc(F)c1[C](N1CCCCC1)=[Ti]([Cl])[Cl].[NH2-]. The van der Waals surface area contributed by atoms with Gasteiger partial charge in [-0.15, -0.1) is 22.1 Å². The van der Waals surface area contributed by atoms with Gasteiger partial charge in [-0.25, -0.2) is 11.3 Å². The summed E-state index contributed by atoms with van der Waals surface area (Å²) in [5.74, 6) is -1.16. The van der Waals surface area contributed by atoms with Crippen molar-refractivity contribution in [1.29, 1.82) is 0 Å². The van der Waals surface area contributed by atoms with Gasteiger partial charge in [0.05, 0.1) is 0 Å². The van der Waals surface area contributed by atoms with Crippen molar-refractivity contribution in [2.24, 2.45) is 0 Å². The maximum Gasteiger partial charge on any atom is -0.693 e. The fraction of sp³-hybridized carbons (Fsp3) is 0.308. The molecule has 3 aromatic carbocycles. The summed E-state index contributed by atoms with van der Waals surface area (Å²) in [5, 5.41) is 2.90. The Balaban J connectivity index is 0.000000187. The van der Waals surface area contributed by atoms with Crippen LogP contribution in [0.5, 0.6) is 0 Å². The molecule has 0 radical (unpaired) electrons. The summed E-state index contributed by atoms with van der Waals surface area (Å²) in [4.78, 5) is 1.96. The zero-order valence-corrected chi connectivity index (χ0v) is 23.4. The van der Waals surface area contributed by atoms with E-state index in [4.69, 9.17) is 18.6 Å². The Hall–Kier alpha value is -1.05. The molecule has 2 nitrogen and oxygen atoms in total. The number of piperidine rings is 1. The molecular formula is C26H28Cl2F2N2STi-2. The third kappa shape index (κ3) is 5.36. The smallest absolute Gasteiger partial charge is 0.693 e. The molecule has 8 heteroatoms. The van der Waals surface area contributed by atoms with Crippen molar-refractivity contribution in [2.45, 2.75) is 40.0 Å². The van der Waals surface area contributed by atoms with Crippen LogP contribution in [0.25, 0.3) is 26.3 Å². The van der Waals surface area contributed by atoms with Gasteiger partial charge in [0.2, 0.25) is 0 Å². The number of halogens is 4. The molecule has 5 rings (SSSR count). The van der Waals surface area contributed by atoms with Crippen LogP contribution in [0.2, 0.25) is 0 Å². The number of nitrogens with zero attached hydrogens (tertiary/aromatic N) is 1. The van der Waals surface area contributed by atoms with E-state index in [1.807, 2.05) is 16.2 Å². The monoisotopic (exact) mass is 556 g/mol. The average molecular weight is 557 g/mol. The van der Waals surface area contributed by atoms with Crippen molar-refractivity contribution < 1.29 is 24.1 Å². The predicted molar refractivity (Wildman–Crippen MR) is 142 cm³/mol. The summed E-state index contributed by atoms with van der Waals surface area (Å²) < 4.78 is 31.1. The van der Waals surface area contributed by atoms with Crippen LogP contribution < -0.4 is 0 Å².